The van der Waals surface area contributed by atoms with Crippen molar-refractivity contribution in [2.75, 3.05) is 0 Å². The van der Waals surface area contributed by atoms with E-state index in [1.165, 1.54) is 12.1 Å². The van der Waals surface area contributed by atoms with Crippen molar-refractivity contribution in [3.8, 4) is 5.75 Å². The molecule has 0 bridgehead atoms. The highest BCUT2D eigenvalue weighted by Crippen LogP contribution is 2.27. The molecule has 2 nitrogen and oxygen atoms in total. The first-order valence-electron chi connectivity index (χ1n) is 7.16. The first-order chi connectivity index (χ1) is 11.2. The predicted octanol–water partition coefficient (Wildman–Crippen LogP) is 5.17. The van der Waals surface area contributed by atoms with Gasteiger partial charge >= 0.3 is 0 Å². The van der Waals surface area contributed by atoms with Gasteiger partial charge in [-0.05, 0) is 22.4 Å². The number of alkyl halides is 2. The molecule has 0 N–H and O–H groups in total. The molecule has 116 valence electrons. The van der Waals surface area contributed by atoms with E-state index in [0.29, 0.717) is 11.3 Å². The Bertz CT molecular complexity index is 826. The van der Waals surface area contributed by atoms with E-state index < -0.39 is 6.43 Å². The number of carbonyl (C=O) groups excluding carboxylic acids is 1. The molecule has 0 fully saturated rings. The molecule has 3 aromatic rings. The first kappa shape index (κ1) is 15.2. The van der Waals surface area contributed by atoms with Gasteiger partial charge in [0.1, 0.15) is 12.4 Å². The van der Waals surface area contributed by atoms with Crippen LogP contribution in [0.3, 0.4) is 0 Å². The zero-order chi connectivity index (χ0) is 16.2. The zero-order valence-electron chi connectivity index (χ0n) is 12.2. The average Bonchev–Trinajstić information content (AvgIpc) is 2.59. The normalized spacial score (nSPS) is 10.9. The lowest BCUT2D eigenvalue weighted by Crippen LogP contribution is -1.99. The molecule has 0 aliphatic heterocycles. The van der Waals surface area contributed by atoms with Gasteiger partial charge in [0.15, 0.2) is 6.29 Å². The van der Waals surface area contributed by atoms with Crippen molar-refractivity contribution in [3.63, 3.8) is 0 Å². The van der Waals surface area contributed by atoms with E-state index in [0.717, 1.165) is 22.6 Å². The Morgan fingerprint density at radius 2 is 1.70 bits per heavy atom. The molecule has 0 aromatic heterocycles. The van der Waals surface area contributed by atoms with Crippen LogP contribution >= 0.6 is 0 Å². The van der Waals surface area contributed by atoms with E-state index in [1.54, 1.807) is 18.2 Å². The highest BCUT2D eigenvalue weighted by molar-refractivity contribution is 6.00. The monoisotopic (exact) mass is 312 g/mol. The molecular formula is C19H14F2O2. The Kier molecular flexibility index (Phi) is 4.33. The Balaban J connectivity index is 1.82. The van der Waals surface area contributed by atoms with Crippen LogP contribution in [0.2, 0.25) is 0 Å². The van der Waals surface area contributed by atoms with Gasteiger partial charge in [-0.2, -0.15) is 0 Å². The third-order valence-corrected chi connectivity index (χ3v) is 3.67. The minimum absolute atomic E-state index is 0.0203. The second-order valence-corrected chi connectivity index (χ2v) is 5.15. The van der Waals surface area contributed by atoms with Crippen molar-refractivity contribution < 1.29 is 18.3 Å². The van der Waals surface area contributed by atoms with Crippen LogP contribution in [0.15, 0.2) is 60.7 Å². The van der Waals surface area contributed by atoms with E-state index in [4.69, 9.17) is 4.74 Å². The third-order valence-electron chi connectivity index (χ3n) is 3.67. The molecule has 0 saturated carbocycles. The maximum atomic E-state index is 12.5. The minimum Gasteiger partial charge on any atom is -0.488 e. The Hall–Kier alpha value is -2.75. The van der Waals surface area contributed by atoms with Gasteiger partial charge < -0.3 is 4.74 Å². The summed E-state index contributed by atoms with van der Waals surface area (Å²) in [5.74, 6) is 0.483. The van der Waals surface area contributed by atoms with Crippen LogP contribution in [-0.4, -0.2) is 6.29 Å². The summed E-state index contributed by atoms with van der Waals surface area (Å²) in [4.78, 5) is 11.4. The Morgan fingerprint density at radius 1 is 0.957 bits per heavy atom. The van der Waals surface area contributed by atoms with Crippen molar-refractivity contribution in [3.05, 3.63) is 77.4 Å². The molecule has 0 atom stereocenters. The summed E-state index contributed by atoms with van der Waals surface area (Å²) in [7, 11) is 0. The zero-order valence-corrected chi connectivity index (χ0v) is 12.2. The Morgan fingerprint density at radius 3 is 2.39 bits per heavy atom. The van der Waals surface area contributed by atoms with Crippen molar-refractivity contribution >= 4 is 17.1 Å². The van der Waals surface area contributed by atoms with Crippen LogP contribution in [0.25, 0.3) is 10.8 Å². The van der Waals surface area contributed by atoms with Crippen molar-refractivity contribution in [2.45, 2.75) is 13.0 Å². The van der Waals surface area contributed by atoms with Crippen LogP contribution in [0.1, 0.15) is 27.9 Å². The Labute approximate surface area is 132 Å². The fourth-order valence-electron chi connectivity index (χ4n) is 2.44. The van der Waals surface area contributed by atoms with Gasteiger partial charge in [0, 0.05) is 5.56 Å². The quantitative estimate of drug-likeness (QED) is 0.608. The number of rotatable bonds is 5. The summed E-state index contributed by atoms with van der Waals surface area (Å²) in [6, 6.07) is 17.2. The SMILES string of the molecule is O=Cc1c(OCc2ccc(C(F)F)cc2)ccc2ccccc12. The fraction of sp³-hybridized carbons (Fsp3) is 0.105. The van der Waals surface area contributed by atoms with Crippen LogP contribution in [-0.2, 0) is 6.61 Å². The lowest BCUT2D eigenvalue weighted by atomic mass is 10.0. The van der Waals surface area contributed by atoms with E-state index >= 15 is 0 Å². The summed E-state index contributed by atoms with van der Waals surface area (Å²) in [5.41, 5.74) is 1.24. The number of ether oxygens (including phenoxy) is 1. The first-order valence-corrected chi connectivity index (χ1v) is 7.16. The van der Waals surface area contributed by atoms with Crippen LogP contribution in [0, 0.1) is 0 Å². The van der Waals surface area contributed by atoms with Gasteiger partial charge in [-0.15, -0.1) is 0 Å². The van der Waals surface area contributed by atoms with E-state index in [1.807, 2.05) is 30.3 Å². The number of fused-ring (bicyclic) bond motifs is 1. The molecule has 0 spiro atoms. The third kappa shape index (κ3) is 3.21. The smallest absolute Gasteiger partial charge is 0.263 e. The summed E-state index contributed by atoms with van der Waals surface area (Å²) < 4.78 is 30.8. The molecule has 0 unspecified atom stereocenters. The number of hydrogen-bond donors (Lipinski definition) is 0. The molecule has 0 amide bonds. The topological polar surface area (TPSA) is 26.3 Å². The maximum Gasteiger partial charge on any atom is 0.263 e. The van der Waals surface area contributed by atoms with E-state index in [9.17, 15) is 13.6 Å². The summed E-state index contributed by atoms with van der Waals surface area (Å²) in [5, 5.41) is 1.79. The van der Waals surface area contributed by atoms with Gasteiger partial charge in [-0.1, -0.05) is 54.6 Å². The standard InChI is InChI=1S/C19H14F2O2/c20-19(21)15-7-5-13(6-8-15)12-23-18-10-9-14-3-1-2-4-16(14)17(18)11-22/h1-11,19H,12H2. The lowest BCUT2D eigenvalue weighted by molar-refractivity contribution is 0.112. The minimum atomic E-state index is -2.48. The number of hydrogen-bond acceptors (Lipinski definition) is 2. The van der Waals surface area contributed by atoms with Crippen LogP contribution in [0.5, 0.6) is 5.75 Å². The maximum absolute atomic E-state index is 12.5. The molecule has 23 heavy (non-hydrogen) atoms. The van der Waals surface area contributed by atoms with E-state index in [-0.39, 0.29) is 12.2 Å². The van der Waals surface area contributed by atoms with Gasteiger partial charge in [-0.25, -0.2) is 8.78 Å². The lowest BCUT2D eigenvalue weighted by Gasteiger charge is -2.11. The van der Waals surface area contributed by atoms with Crippen molar-refractivity contribution in [1.82, 2.24) is 0 Å². The number of carbonyl (C=O) groups is 1. The number of aldehydes is 1. The number of halogens is 2. The molecule has 0 aliphatic carbocycles. The van der Waals surface area contributed by atoms with Gasteiger partial charge in [-0.3, -0.25) is 4.79 Å². The molecular weight excluding hydrogens is 298 g/mol. The van der Waals surface area contributed by atoms with Gasteiger partial charge in [0.05, 0.1) is 5.56 Å². The molecule has 3 rings (SSSR count). The molecule has 4 heteroatoms. The van der Waals surface area contributed by atoms with Crippen LogP contribution < -0.4 is 4.74 Å². The largest absolute Gasteiger partial charge is 0.488 e. The predicted molar refractivity (Wildman–Crippen MR) is 85.1 cm³/mol. The summed E-state index contributed by atoms with van der Waals surface area (Å²) in [6.45, 7) is 0.211. The highest BCUT2D eigenvalue weighted by atomic mass is 19.3. The van der Waals surface area contributed by atoms with Gasteiger partial charge in [0.25, 0.3) is 6.43 Å². The van der Waals surface area contributed by atoms with Crippen LogP contribution in [0.4, 0.5) is 8.78 Å². The molecule has 0 radical (unpaired) electrons. The average molecular weight is 312 g/mol. The molecule has 0 saturated heterocycles. The molecule has 0 heterocycles. The van der Waals surface area contributed by atoms with E-state index in [2.05, 4.69) is 0 Å². The van der Waals surface area contributed by atoms with Crippen molar-refractivity contribution in [1.29, 1.82) is 0 Å². The van der Waals surface area contributed by atoms with Gasteiger partial charge in [0.2, 0.25) is 0 Å². The van der Waals surface area contributed by atoms with Crippen molar-refractivity contribution in [2.24, 2.45) is 0 Å². The second kappa shape index (κ2) is 6.57. The summed E-state index contributed by atoms with van der Waals surface area (Å²) in [6.07, 6.45) is -1.70. The second-order valence-electron chi connectivity index (χ2n) is 5.15. The molecule has 0 aliphatic rings. The fourth-order valence-corrected chi connectivity index (χ4v) is 2.44. The highest BCUT2D eigenvalue weighted by Gasteiger charge is 2.09. The summed E-state index contributed by atoms with van der Waals surface area (Å²) >= 11 is 0. The molecule has 3 aromatic carbocycles. The number of benzene rings is 3.